The van der Waals surface area contributed by atoms with E-state index in [1.807, 2.05) is 0 Å². The van der Waals surface area contributed by atoms with E-state index in [0.717, 1.165) is 102 Å². The molecule has 88 heavy (non-hydrogen) atoms. The Kier molecular flexibility index (Phi) is 59.9. The van der Waals surface area contributed by atoms with Crippen LogP contribution in [0.4, 0.5) is 0 Å². The number of phosphoric acid groups is 2. The molecule has 17 nitrogen and oxygen atoms in total. The fourth-order valence-electron chi connectivity index (χ4n) is 10.4. The summed E-state index contributed by atoms with van der Waals surface area (Å²) in [6.07, 6.45) is 45.7. The Bertz CT molecular complexity index is 1720. The average molecular weight is 1300 g/mol. The van der Waals surface area contributed by atoms with Crippen LogP contribution >= 0.6 is 15.6 Å². The molecule has 0 aromatic rings. The van der Waals surface area contributed by atoms with Gasteiger partial charge in [0.1, 0.15) is 19.3 Å². The summed E-state index contributed by atoms with van der Waals surface area (Å²) in [6, 6.07) is 0. The lowest BCUT2D eigenvalue weighted by Crippen LogP contribution is -2.30. The van der Waals surface area contributed by atoms with Gasteiger partial charge in [0, 0.05) is 25.7 Å². The van der Waals surface area contributed by atoms with E-state index in [-0.39, 0.29) is 25.7 Å². The number of aliphatic hydroxyl groups excluding tert-OH is 1. The number of esters is 4. The van der Waals surface area contributed by atoms with Crippen molar-refractivity contribution in [2.75, 3.05) is 39.6 Å². The summed E-state index contributed by atoms with van der Waals surface area (Å²) in [5.41, 5.74) is 0. The number of phosphoric ester groups is 2. The van der Waals surface area contributed by atoms with Gasteiger partial charge in [0.15, 0.2) is 12.2 Å². The molecule has 522 valence electrons. The van der Waals surface area contributed by atoms with Gasteiger partial charge in [0.2, 0.25) is 0 Å². The van der Waals surface area contributed by atoms with Crippen LogP contribution in [-0.2, 0) is 65.4 Å². The average Bonchev–Trinajstić information content (AvgIpc) is 3.69. The molecule has 0 rings (SSSR count). The molecule has 0 aromatic heterocycles. The van der Waals surface area contributed by atoms with E-state index in [1.54, 1.807) is 0 Å². The SMILES string of the molecule is CCCCCCCCCCCCCCC(=O)OC[C@H](COP(=O)(O)OC[C@@H](O)COP(=O)(O)OC[C@@H](COC(=O)CCCCCCCCCCCC)OC(=O)CCCCCCCCCCC(C)C)OC(=O)CCCCCCCCCCCCCCC(C)C. The van der Waals surface area contributed by atoms with Crippen molar-refractivity contribution >= 4 is 39.5 Å². The second-order valence-electron chi connectivity index (χ2n) is 25.9. The summed E-state index contributed by atoms with van der Waals surface area (Å²) in [4.78, 5) is 72.5. The van der Waals surface area contributed by atoms with Gasteiger partial charge < -0.3 is 33.8 Å². The number of ether oxygens (including phenoxy) is 4. The molecule has 0 bridgehead atoms. The Labute approximate surface area is 537 Å². The lowest BCUT2D eigenvalue weighted by atomic mass is 10.0. The number of carbonyl (C=O) groups is 4. The van der Waals surface area contributed by atoms with Crippen molar-refractivity contribution in [2.45, 2.75) is 368 Å². The Morgan fingerprint density at radius 2 is 0.523 bits per heavy atom. The quantitative estimate of drug-likeness (QED) is 0.0222. The summed E-state index contributed by atoms with van der Waals surface area (Å²) in [7, 11) is -9.90. The maximum Gasteiger partial charge on any atom is 0.472 e. The molecule has 0 aliphatic carbocycles. The predicted molar refractivity (Wildman–Crippen MR) is 354 cm³/mol. The van der Waals surface area contributed by atoms with Gasteiger partial charge in [0.25, 0.3) is 0 Å². The van der Waals surface area contributed by atoms with Crippen molar-refractivity contribution in [3.8, 4) is 0 Å². The molecule has 0 spiro atoms. The molecule has 0 saturated heterocycles. The summed E-state index contributed by atoms with van der Waals surface area (Å²) >= 11 is 0. The van der Waals surface area contributed by atoms with Gasteiger partial charge in [-0.15, -0.1) is 0 Å². The van der Waals surface area contributed by atoms with E-state index in [2.05, 4.69) is 41.5 Å². The maximum atomic E-state index is 13.0. The standard InChI is InChI=1S/C69H134O17P2/c1-7-9-11-13-15-17-19-23-27-34-40-46-52-67(72)80-57-64(85-68(73)53-47-41-35-28-24-21-20-22-25-31-37-43-49-61(3)4)59-83-87(75,76)81-55-63(70)56-82-88(77,78)84-60-65(58-79-66(71)51-45-39-33-26-18-16-14-12-10-8-2)86-69(74)54-48-42-36-30-29-32-38-44-50-62(5)6/h61-65,70H,7-60H2,1-6H3,(H,75,76)(H,77,78)/t63-,64-,65-/m1/s1. The molecule has 0 aliphatic heterocycles. The number of hydrogen-bond acceptors (Lipinski definition) is 15. The van der Waals surface area contributed by atoms with Crippen LogP contribution in [0.25, 0.3) is 0 Å². The molecule has 0 saturated carbocycles. The highest BCUT2D eigenvalue weighted by atomic mass is 31.2. The van der Waals surface area contributed by atoms with Crippen LogP contribution in [0.1, 0.15) is 350 Å². The van der Waals surface area contributed by atoms with Gasteiger partial charge in [-0.25, -0.2) is 9.13 Å². The Hall–Kier alpha value is -1.94. The minimum absolute atomic E-state index is 0.105. The van der Waals surface area contributed by atoms with Crippen LogP contribution in [-0.4, -0.2) is 96.7 Å². The number of aliphatic hydroxyl groups is 1. The van der Waals surface area contributed by atoms with Crippen molar-refractivity contribution in [2.24, 2.45) is 11.8 Å². The third-order valence-electron chi connectivity index (χ3n) is 16.0. The minimum Gasteiger partial charge on any atom is -0.462 e. The van der Waals surface area contributed by atoms with Gasteiger partial charge in [0.05, 0.1) is 26.4 Å². The van der Waals surface area contributed by atoms with Gasteiger partial charge in [-0.1, -0.05) is 298 Å². The largest absolute Gasteiger partial charge is 0.472 e. The van der Waals surface area contributed by atoms with Gasteiger partial charge in [-0.3, -0.25) is 37.3 Å². The fourth-order valence-corrected chi connectivity index (χ4v) is 12.0. The monoisotopic (exact) mass is 1300 g/mol. The Balaban J connectivity index is 5.25. The molecule has 0 amide bonds. The third-order valence-corrected chi connectivity index (χ3v) is 17.9. The molecule has 0 aliphatic rings. The van der Waals surface area contributed by atoms with Crippen molar-refractivity contribution < 1.29 is 80.2 Å². The van der Waals surface area contributed by atoms with Crippen LogP contribution in [0.2, 0.25) is 0 Å². The van der Waals surface area contributed by atoms with Crippen LogP contribution in [0.15, 0.2) is 0 Å². The first kappa shape index (κ1) is 86.1. The molecule has 19 heteroatoms. The van der Waals surface area contributed by atoms with E-state index in [1.165, 1.54) is 167 Å². The molecule has 0 heterocycles. The molecule has 0 fully saturated rings. The van der Waals surface area contributed by atoms with E-state index >= 15 is 0 Å². The fraction of sp³-hybridized carbons (Fsp3) is 0.942. The molecule has 0 radical (unpaired) electrons. The summed E-state index contributed by atoms with van der Waals surface area (Å²) in [5, 5.41) is 10.6. The highest BCUT2D eigenvalue weighted by Gasteiger charge is 2.30. The van der Waals surface area contributed by atoms with Crippen molar-refractivity contribution in [1.82, 2.24) is 0 Å². The van der Waals surface area contributed by atoms with Crippen LogP contribution in [0.3, 0.4) is 0 Å². The Morgan fingerprint density at radius 1 is 0.307 bits per heavy atom. The molecular formula is C69H134O17P2. The van der Waals surface area contributed by atoms with E-state index in [0.29, 0.717) is 25.7 Å². The second-order valence-corrected chi connectivity index (χ2v) is 28.8. The Morgan fingerprint density at radius 3 is 0.773 bits per heavy atom. The minimum atomic E-state index is -4.95. The zero-order valence-corrected chi connectivity index (χ0v) is 58.8. The highest BCUT2D eigenvalue weighted by molar-refractivity contribution is 7.47. The smallest absolute Gasteiger partial charge is 0.462 e. The predicted octanol–water partition coefficient (Wildman–Crippen LogP) is 19.6. The molecule has 3 N–H and O–H groups in total. The molecule has 5 atom stereocenters. The highest BCUT2D eigenvalue weighted by Crippen LogP contribution is 2.45. The first-order valence-corrected chi connectivity index (χ1v) is 39.0. The third kappa shape index (κ3) is 62.8. The zero-order valence-electron chi connectivity index (χ0n) is 57.0. The van der Waals surface area contributed by atoms with Crippen LogP contribution in [0, 0.1) is 11.8 Å². The summed E-state index contributed by atoms with van der Waals surface area (Å²) < 4.78 is 68.2. The van der Waals surface area contributed by atoms with Crippen molar-refractivity contribution in [3.05, 3.63) is 0 Å². The van der Waals surface area contributed by atoms with Crippen LogP contribution in [0.5, 0.6) is 0 Å². The second kappa shape index (κ2) is 61.3. The lowest BCUT2D eigenvalue weighted by Gasteiger charge is -2.21. The number of rotatable bonds is 68. The van der Waals surface area contributed by atoms with E-state index in [9.17, 15) is 43.2 Å². The van der Waals surface area contributed by atoms with Gasteiger partial charge in [-0.05, 0) is 37.5 Å². The molecule has 0 aromatic carbocycles. The number of hydrogen-bond donors (Lipinski definition) is 3. The molecule has 2 unspecified atom stereocenters. The number of unbranched alkanes of at least 4 members (excludes halogenated alkanes) is 38. The zero-order chi connectivity index (χ0) is 65.0. The maximum absolute atomic E-state index is 13.0. The normalized spacial score (nSPS) is 14.2. The van der Waals surface area contributed by atoms with E-state index in [4.69, 9.17) is 37.0 Å². The number of carbonyl (C=O) groups excluding carboxylic acids is 4. The van der Waals surface area contributed by atoms with Gasteiger partial charge >= 0.3 is 39.5 Å². The van der Waals surface area contributed by atoms with Crippen molar-refractivity contribution in [3.63, 3.8) is 0 Å². The van der Waals surface area contributed by atoms with Crippen molar-refractivity contribution in [1.29, 1.82) is 0 Å². The molecular weight excluding hydrogens is 1160 g/mol. The first-order valence-electron chi connectivity index (χ1n) is 36.0. The first-order chi connectivity index (χ1) is 42.4. The lowest BCUT2D eigenvalue weighted by molar-refractivity contribution is -0.161. The van der Waals surface area contributed by atoms with Crippen LogP contribution < -0.4 is 0 Å². The summed E-state index contributed by atoms with van der Waals surface area (Å²) in [6.45, 7) is 9.50. The van der Waals surface area contributed by atoms with Gasteiger partial charge in [-0.2, -0.15) is 0 Å². The summed E-state index contributed by atoms with van der Waals surface area (Å²) in [5.74, 6) is -0.631. The topological polar surface area (TPSA) is 237 Å². The van der Waals surface area contributed by atoms with E-state index < -0.39 is 97.5 Å².